The van der Waals surface area contributed by atoms with Gasteiger partial charge in [0.15, 0.2) is 5.82 Å². The van der Waals surface area contributed by atoms with Crippen molar-refractivity contribution in [3.63, 3.8) is 0 Å². The zero-order valence-electron chi connectivity index (χ0n) is 17.9. The zero-order valence-corrected chi connectivity index (χ0v) is 21.8. The summed E-state index contributed by atoms with van der Waals surface area (Å²) < 4.78 is 7.57. The van der Waals surface area contributed by atoms with Crippen molar-refractivity contribution in [2.45, 2.75) is 12.5 Å². The maximum Gasteiger partial charge on any atom is 0.274 e. The van der Waals surface area contributed by atoms with Gasteiger partial charge in [-0.25, -0.2) is 9.67 Å². The second kappa shape index (κ2) is 11.3. The van der Waals surface area contributed by atoms with E-state index < -0.39 is 11.8 Å². The van der Waals surface area contributed by atoms with E-state index in [0.717, 1.165) is 11.5 Å². The van der Waals surface area contributed by atoms with E-state index >= 15 is 0 Å². The van der Waals surface area contributed by atoms with E-state index in [4.69, 9.17) is 33.2 Å². The lowest BCUT2D eigenvalue weighted by molar-refractivity contribution is 0.0955. The van der Waals surface area contributed by atoms with Gasteiger partial charge >= 0.3 is 0 Å². The number of aromatic nitrogens is 3. The van der Waals surface area contributed by atoms with Gasteiger partial charge in [0.1, 0.15) is 11.8 Å². The molecule has 1 aliphatic heterocycles. The molecule has 0 spiro atoms. The van der Waals surface area contributed by atoms with Crippen LogP contribution in [0.2, 0.25) is 10.0 Å². The van der Waals surface area contributed by atoms with E-state index in [1.54, 1.807) is 30.0 Å². The van der Waals surface area contributed by atoms with E-state index in [-0.39, 0.29) is 47.7 Å². The highest BCUT2D eigenvalue weighted by molar-refractivity contribution is 9.10. The second-order valence-corrected chi connectivity index (χ2v) is 10.1. The molecule has 1 saturated heterocycles. The molecule has 0 bridgehead atoms. The summed E-state index contributed by atoms with van der Waals surface area (Å²) in [5.41, 5.74) is 0.428. The third-order valence-electron chi connectivity index (χ3n) is 4.81. The van der Waals surface area contributed by atoms with E-state index in [0.29, 0.717) is 14.5 Å². The first-order chi connectivity index (χ1) is 16.9. The molecular weight excluding hydrogens is 579 g/mol. The molecular formula is C22H17BrCl2N6O3S. The fraction of sp³-hybridized carbons (Fsp3) is 0.227. The average molecular weight is 596 g/mol. The van der Waals surface area contributed by atoms with Crippen molar-refractivity contribution in [2.24, 2.45) is 0 Å². The molecule has 13 heteroatoms. The van der Waals surface area contributed by atoms with Gasteiger partial charge in [-0.2, -0.15) is 17.0 Å². The van der Waals surface area contributed by atoms with Crippen LogP contribution in [-0.4, -0.2) is 50.7 Å². The first kappa shape index (κ1) is 25.3. The lowest BCUT2D eigenvalue weighted by Crippen LogP contribution is -2.31. The number of benzene rings is 1. The summed E-state index contributed by atoms with van der Waals surface area (Å²) in [5, 5.41) is 19.1. The maximum atomic E-state index is 13.4. The Bertz CT molecular complexity index is 1330. The normalized spacial score (nSPS) is 13.0. The Labute approximate surface area is 223 Å². The number of nitrogens with zero attached hydrogens (tertiary/aromatic N) is 4. The molecule has 2 N–H and O–H groups in total. The van der Waals surface area contributed by atoms with E-state index in [1.165, 1.54) is 23.0 Å². The summed E-state index contributed by atoms with van der Waals surface area (Å²) in [5.74, 6) is 1.10. The van der Waals surface area contributed by atoms with Crippen molar-refractivity contribution >= 4 is 68.4 Å². The molecule has 3 heterocycles. The number of carbonyl (C=O) groups is 2. The predicted molar refractivity (Wildman–Crippen MR) is 138 cm³/mol. The molecule has 0 saturated carbocycles. The van der Waals surface area contributed by atoms with Crippen LogP contribution in [0.4, 0.5) is 5.69 Å². The number of hydrogen-bond donors (Lipinski definition) is 2. The van der Waals surface area contributed by atoms with Crippen molar-refractivity contribution in [1.82, 2.24) is 20.1 Å². The van der Waals surface area contributed by atoms with Crippen molar-refractivity contribution in [3.8, 4) is 17.8 Å². The number of halogens is 3. The molecule has 35 heavy (non-hydrogen) atoms. The number of amides is 2. The molecule has 1 fully saturated rings. The third kappa shape index (κ3) is 5.90. The summed E-state index contributed by atoms with van der Waals surface area (Å²) in [4.78, 5) is 30.4. The van der Waals surface area contributed by atoms with Crippen molar-refractivity contribution in [1.29, 1.82) is 5.26 Å². The monoisotopic (exact) mass is 594 g/mol. The number of nitriles is 1. The summed E-state index contributed by atoms with van der Waals surface area (Å²) in [6.07, 6.45) is 1.68. The highest BCUT2D eigenvalue weighted by Crippen LogP contribution is 2.32. The summed E-state index contributed by atoms with van der Waals surface area (Å²) in [6, 6.07) is 9.74. The summed E-state index contributed by atoms with van der Waals surface area (Å²) >= 11 is 17.6. The van der Waals surface area contributed by atoms with Gasteiger partial charge in [0.05, 0.1) is 28.8 Å². The van der Waals surface area contributed by atoms with Crippen molar-refractivity contribution in [2.75, 3.05) is 23.4 Å². The highest BCUT2D eigenvalue weighted by atomic mass is 79.9. The Morgan fingerprint density at radius 3 is 2.77 bits per heavy atom. The van der Waals surface area contributed by atoms with Gasteiger partial charge in [-0.1, -0.05) is 23.2 Å². The number of anilines is 1. The van der Waals surface area contributed by atoms with Gasteiger partial charge < -0.3 is 15.4 Å². The van der Waals surface area contributed by atoms with Crippen molar-refractivity contribution in [3.05, 3.63) is 62.3 Å². The smallest absolute Gasteiger partial charge is 0.274 e. The van der Waals surface area contributed by atoms with E-state index in [9.17, 15) is 9.59 Å². The molecule has 2 amide bonds. The van der Waals surface area contributed by atoms with Crippen LogP contribution < -0.4 is 15.4 Å². The minimum absolute atomic E-state index is 0.00702. The van der Waals surface area contributed by atoms with Gasteiger partial charge in [-0.15, -0.1) is 5.10 Å². The van der Waals surface area contributed by atoms with Crippen LogP contribution in [-0.2, 0) is 0 Å². The second-order valence-electron chi connectivity index (χ2n) is 7.29. The van der Waals surface area contributed by atoms with Gasteiger partial charge in [-0.05, 0) is 40.2 Å². The fourth-order valence-corrected chi connectivity index (χ4v) is 4.79. The Morgan fingerprint density at radius 2 is 2.09 bits per heavy atom. The molecule has 9 nitrogen and oxygen atoms in total. The molecule has 4 rings (SSSR count). The number of hydrogen-bond acceptors (Lipinski definition) is 7. The highest BCUT2D eigenvalue weighted by Gasteiger charge is 2.26. The topological polar surface area (TPSA) is 122 Å². The molecule has 0 aliphatic carbocycles. The number of pyridine rings is 1. The lowest BCUT2D eigenvalue weighted by Gasteiger charge is -2.24. The summed E-state index contributed by atoms with van der Waals surface area (Å²) in [7, 11) is 0. The molecule has 0 unspecified atom stereocenters. The van der Waals surface area contributed by atoms with Crippen LogP contribution in [0, 0.1) is 11.3 Å². The Hall–Kier alpha value is -2.78. The van der Waals surface area contributed by atoms with E-state index in [2.05, 4.69) is 36.6 Å². The largest absolute Gasteiger partial charge is 0.472 e. The van der Waals surface area contributed by atoms with Crippen LogP contribution in [0.1, 0.15) is 27.3 Å². The number of rotatable bonds is 8. The summed E-state index contributed by atoms with van der Waals surface area (Å²) in [6.45, 7) is 0.151. The van der Waals surface area contributed by atoms with Crippen LogP contribution in [0.3, 0.4) is 0 Å². The fourth-order valence-electron chi connectivity index (χ4n) is 3.11. The first-order valence-corrected chi connectivity index (χ1v) is 13.0. The number of carbonyl (C=O) groups excluding carboxylic acids is 2. The zero-order chi connectivity index (χ0) is 24.9. The number of thioether (sulfide) groups is 1. The number of ether oxygens (including phenoxy) is 1. The van der Waals surface area contributed by atoms with Crippen molar-refractivity contribution < 1.29 is 14.3 Å². The first-order valence-electron chi connectivity index (χ1n) is 10.3. The Kier molecular flexibility index (Phi) is 8.18. The lowest BCUT2D eigenvalue weighted by atomic mass is 10.1. The minimum Gasteiger partial charge on any atom is -0.472 e. The quantitative estimate of drug-likeness (QED) is 0.361. The van der Waals surface area contributed by atoms with Gasteiger partial charge in [0, 0.05) is 39.8 Å². The van der Waals surface area contributed by atoms with Gasteiger partial charge in [0.25, 0.3) is 11.8 Å². The van der Waals surface area contributed by atoms with Gasteiger partial charge in [0.2, 0.25) is 5.88 Å². The molecule has 3 aromatic rings. The van der Waals surface area contributed by atoms with Crippen LogP contribution >= 0.6 is 50.9 Å². The molecule has 180 valence electrons. The van der Waals surface area contributed by atoms with E-state index in [1.807, 2.05) is 6.07 Å². The third-order valence-corrected chi connectivity index (χ3v) is 7.17. The average Bonchev–Trinajstić information content (AvgIpc) is 3.22. The SMILES string of the molecule is N#CCCNC(=O)c1cc(Cl)cc(Br)c1NC(=O)c1cc(OC2CSC2)nn1-c1ncccc1Cl. The Balaban J connectivity index is 1.69. The Morgan fingerprint density at radius 1 is 1.29 bits per heavy atom. The van der Waals surface area contributed by atoms with Gasteiger partial charge in [-0.3, -0.25) is 9.59 Å². The van der Waals surface area contributed by atoms with Crippen LogP contribution in [0.5, 0.6) is 5.88 Å². The van der Waals surface area contributed by atoms with Crippen LogP contribution in [0.15, 0.2) is 41.0 Å². The molecule has 0 radical (unpaired) electrons. The number of nitrogens with one attached hydrogen (secondary N) is 2. The maximum absolute atomic E-state index is 13.4. The standard InChI is InChI=1S/C22H17BrCl2N6O3S/c23-15-8-12(24)7-14(21(32)28-6-2-4-26)19(15)29-22(33)17-9-18(34-13-10-35-11-13)30-31(17)20-16(25)3-1-5-27-20/h1,3,5,7-9,13H,2,6,10-11H2,(H,28,32)(H,29,33). The molecule has 1 aliphatic rings. The molecule has 0 atom stereocenters. The molecule has 1 aromatic carbocycles. The van der Waals surface area contributed by atoms with Crippen LogP contribution in [0.25, 0.3) is 5.82 Å². The molecule has 2 aromatic heterocycles. The minimum atomic E-state index is -0.578. The predicted octanol–water partition coefficient (Wildman–Crippen LogP) is 4.73.